The lowest BCUT2D eigenvalue weighted by atomic mass is 10.1. The van der Waals surface area contributed by atoms with Crippen molar-refractivity contribution in [3.05, 3.63) is 59.3 Å². The summed E-state index contributed by atoms with van der Waals surface area (Å²) in [7, 11) is 0. The highest BCUT2D eigenvalue weighted by molar-refractivity contribution is 5.79. The van der Waals surface area contributed by atoms with Crippen LogP contribution in [0.2, 0.25) is 0 Å². The smallest absolute Gasteiger partial charge is 0.191 e. The molecule has 1 aromatic carbocycles. The Balaban J connectivity index is 1.89. The van der Waals surface area contributed by atoms with Crippen molar-refractivity contribution in [2.45, 2.75) is 26.8 Å². The number of aryl methyl sites for hydroxylation is 1. The van der Waals surface area contributed by atoms with Crippen molar-refractivity contribution in [3.63, 3.8) is 0 Å². The molecule has 0 saturated carbocycles. The monoisotopic (exact) mass is 303 g/mol. The summed E-state index contributed by atoms with van der Waals surface area (Å²) >= 11 is 0. The van der Waals surface area contributed by atoms with E-state index < -0.39 is 0 Å². The third kappa shape index (κ3) is 4.91. The summed E-state index contributed by atoms with van der Waals surface area (Å²) in [5.41, 5.74) is 1.63. The number of guanidine groups is 1. The van der Waals surface area contributed by atoms with E-state index >= 15 is 0 Å². The minimum atomic E-state index is -0.184. The predicted molar refractivity (Wildman–Crippen MR) is 86.4 cm³/mol. The second kappa shape index (κ2) is 8.22. The van der Waals surface area contributed by atoms with E-state index in [2.05, 4.69) is 15.6 Å². The average Bonchev–Trinajstić information content (AvgIpc) is 3.01. The number of hydrogen-bond donors (Lipinski definition) is 2. The van der Waals surface area contributed by atoms with Gasteiger partial charge in [0.2, 0.25) is 0 Å². The minimum Gasteiger partial charge on any atom is -0.469 e. The SMILES string of the molecule is CCNC(=NCc1ccc(F)c(C)c1)NCCc1ccco1. The van der Waals surface area contributed by atoms with Crippen molar-refractivity contribution in [1.82, 2.24) is 10.6 Å². The van der Waals surface area contributed by atoms with Gasteiger partial charge in [0.15, 0.2) is 5.96 Å². The first-order valence-corrected chi connectivity index (χ1v) is 7.48. The molecular formula is C17H22FN3O. The molecule has 1 aromatic heterocycles. The Morgan fingerprint density at radius 1 is 1.27 bits per heavy atom. The molecule has 0 atom stereocenters. The first-order valence-electron chi connectivity index (χ1n) is 7.48. The van der Waals surface area contributed by atoms with Crippen LogP contribution in [-0.2, 0) is 13.0 Å². The van der Waals surface area contributed by atoms with E-state index in [1.54, 1.807) is 19.3 Å². The standard InChI is InChI=1S/C17H22FN3O/c1-3-19-17(20-9-8-15-5-4-10-22-15)21-12-14-6-7-16(18)13(2)11-14/h4-7,10-11H,3,8-9,12H2,1-2H3,(H2,19,20,21). The van der Waals surface area contributed by atoms with E-state index in [0.29, 0.717) is 12.1 Å². The van der Waals surface area contributed by atoms with Crippen LogP contribution in [0.3, 0.4) is 0 Å². The first kappa shape index (κ1) is 16.1. The summed E-state index contributed by atoms with van der Waals surface area (Å²) in [6.07, 6.45) is 2.47. The van der Waals surface area contributed by atoms with Crippen LogP contribution in [0.15, 0.2) is 46.0 Å². The fraction of sp³-hybridized carbons (Fsp3) is 0.353. The van der Waals surface area contributed by atoms with Gasteiger partial charge >= 0.3 is 0 Å². The molecule has 0 aliphatic heterocycles. The summed E-state index contributed by atoms with van der Waals surface area (Å²) in [5.74, 6) is 1.50. The number of nitrogens with one attached hydrogen (secondary N) is 2. The van der Waals surface area contributed by atoms with Gasteiger partial charge in [-0.15, -0.1) is 0 Å². The molecule has 5 heteroatoms. The van der Waals surface area contributed by atoms with Crippen molar-refractivity contribution < 1.29 is 8.81 Å². The van der Waals surface area contributed by atoms with Crippen molar-refractivity contribution in [1.29, 1.82) is 0 Å². The van der Waals surface area contributed by atoms with Crippen molar-refractivity contribution in [3.8, 4) is 0 Å². The maximum atomic E-state index is 13.3. The third-order valence-electron chi connectivity index (χ3n) is 3.23. The van der Waals surface area contributed by atoms with E-state index in [1.165, 1.54) is 6.07 Å². The van der Waals surface area contributed by atoms with Crippen LogP contribution in [0.1, 0.15) is 23.8 Å². The van der Waals surface area contributed by atoms with Gasteiger partial charge in [0.25, 0.3) is 0 Å². The number of benzene rings is 1. The van der Waals surface area contributed by atoms with Gasteiger partial charge in [-0.3, -0.25) is 0 Å². The van der Waals surface area contributed by atoms with Crippen molar-refractivity contribution in [2.24, 2.45) is 4.99 Å². The molecule has 118 valence electrons. The summed E-state index contributed by atoms with van der Waals surface area (Å²) in [4.78, 5) is 4.51. The summed E-state index contributed by atoms with van der Waals surface area (Å²) in [6.45, 7) is 5.81. The minimum absolute atomic E-state index is 0.184. The molecule has 2 rings (SSSR count). The van der Waals surface area contributed by atoms with Gasteiger partial charge in [-0.1, -0.05) is 12.1 Å². The maximum absolute atomic E-state index is 13.3. The quantitative estimate of drug-likeness (QED) is 0.637. The van der Waals surface area contributed by atoms with Crippen LogP contribution in [0.4, 0.5) is 4.39 Å². The lowest BCUT2D eigenvalue weighted by molar-refractivity contribution is 0.507. The van der Waals surface area contributed by atoms with Crippen LogP contribution < -0.4 is 10.6 Å². The van der Waals surface area contributed by atoms with Gasteiger partial charge in [0, 0.05) is 19.5 Å². The number of aliphatic imine (C=N–C) groups is 1. The molecule has 0 saturated heterocycles. The second-order valence-electron chi connectivity index (χ2n) is 5.03. The highest BCUT2D eigenvalue weighted by Crippen LogP contribution is 2.10. The van der Waals surface area contributed by atoms with E-state index in [0.717, 1.165) is 36.8 Å². The van der Waals surface area contributed by atoms with E-state index in [-0.39, 0.29) is 5.82 Å². The molecular weight excluding hydrogens is 281 g/mol. The molecule has 2 N–H and O–H groups in total. The van der Waals surface area contributed by atoms with Crippen LogP contribution in [0.25, 0.3) is 0 Å². The van der Waals surface area contributed by atoms with E-state index in [9.17, 15) is 4.39 Å². The van der Waals surface area contributed by atoms with Crippen LogP contribution in [0.5, 0.6) is 0 Å². The Morgan fingerprint density at radius 2 is 2.14 bits per heavy atom. The molecule has 0 fully saturated rings. The molecule has 0 aliphatic rings. The number of rotatable bonds is 6. The normalized spacial score (nSPS) is 11.5. The number of hydrogen-bond acceptors (Lipinski definition) is 2. The summed E-state index contributed by atoms with van der Waals surface area (Å²) in [5, 5.41) is 6.45. The van der Waals surface area contributed by atoms with Crippen LogP contribution in [0, 0.1) is 12.7 Å². The topological polar surface area (TPSA) is 49.6 Å². The summed E-state index contributed by atoms with van der Waals surface area (Å²) < 4.78 is 18.5. The Morgan fingerprint density at radius 3 is 2.82 bits per heavy atom. The lowest BCUT2D eigenvalue weighted by Crippen LogP contribution is -2.38. The summed E-state index contributed by atoms with van der Waals surface area (Å²) in [6, 6.07) is 8.90. The zero-order valence-corrected chi connectivity index (χ0v) is 13.0. The molecule has 0 spiro atoms. The van der Waals surface area contributed by atoms with Gasteiger partial charge in [-0.25, -0.2) is 9.38 Å². The van der Waals surface area contributed by atoms with Gasteiger partial charge in [0.1, 0.15) is 11.6 Å². The second-order valence-corrected chi connectivity index (χ2v) is 5.03. The van der Waals surface area contributed by atoms with Crippen molar-refractivity contribution in [2.75, 3.05) is 13.1 Å². The number of halogens is 1. The zero-order valence-electron chi connectivity index (χ0n) is 13.0. The molecule has 0 aliphatic carbocycles. The maximum Gasteiger partial charge on any atom is 0.191 e. The van der Waals surface area contributed by atoms with E-state index in [4.69, 9.17) is 4.42 Å². The Bertz CT molecular complexity index is 608. The largest absolute Gasteiger partial charge is 0.469 e. The Kier molecular flexibility index (Phi) is 6.01. The third-order valence-corrected chi connectivity index (χ3v) is 3.23. The molecule has 22 heavy (non-hydrogen) atoms. The first-order chi connectivity index (χ1) is 10.7. The van der Waals surface area contributed by atoms with Crippen molar-refractivity contribution >= 4 is 5.96 Å². The van der Waals surface area contributed by atoms with E-state index in [1.807, 2.05) is 25.1 Å². The zero-order chi connectivity index (χ0) is 15.8. The van der Waals surface area contributed by atoms with Gasteiger partial charge in [-0.2, -0.15) is 0 Å². The fourth-order valence-electron chi connectivity index (χ4n) is 2.08. The van der Waals surface area contributed by atoms with Gasteiger partial charge in [-0.05, 0) is 43.2 Å². The molecule has 4 nitrogen and oxygen atoms in total. The molecule has 0 amide bonds. The lowest BCUT2D eigenvalue weighted by Gasteiger charge is -2.11. The molecule has 0 unspecified atom stereocenters. The van der Waals surface area contributed by atoms with Gasteiger partial charge in [0.05, 0.1) is 12.8 Å². The van der Waals surface area contributed by atoms with Crippen LogP contribution >= 0.6 is 0 Å². The predicted octanol–water partition coefficient (Wildman–Crippen LogP) is 3.02. The Hall–Kier alpha value is -2.30. The highest BCUT2D eigenvalue weighted by Gasteiger charge is 2.01. The van der Waals surface area contributed by atoms with Gasteiger partial charge < -0.3 is 15.1 Å². The fourth-order valence-corrected chi connectivity index (χ4v) is 2.08. The molecule has 0 bridgehead atoms. The molecule has 1 heterocycles. The number of nitrogens with zero attached hydrogens (tertiary/aromatic N) is 1. The highest BCUT2D eigenvalue weighted by atomic mass is 19.1. The average molecular weight is 303 g/mol. The molecule has 2 aromatic rings. The number of furan rings is 1. The molecule has 0 radical (unpaired) electrons. The Labute approximate surface area is 130 Å². The van der Waals surface area contributed by atoms with Crippen LogP contribution in [-0.4, -0.2) is 19.0 Å².